The molecule has 0 radical (unpaired) electrons. The van der Waals surface area contributed by atoms with Crippen molar-refractivity contribution in [1.29, 1.82) is 0 Å². The molecule has 1 aliphatic rings. The molecule has 1 aliphatic heterocycles. The number of imidazole rings is 1. The van der Waals surface area contributed by atoms with E-state index in [4.69, 9.17) is 0 Å². The molecule has 0 saturated carbocycles. The van der Waals surface area contributed by atoms with Crippen LogP contribution in [0.3, 0.4) is 0 Å². The van der Waals surface area contributed by atoms with Gasteiger partial charge in [-0.1, -0.05) is 18.2 Å². The summed E-state index contributed by atoms with van der Waals surface area (Å²) in [4.78, 5) is 7.33. The van der Waals surface area contributed by atoms with Gasteiger partial charge in [0.25, 0.3) is 0 Å². The van der Waals surface area contributed by atoms with Gasteiger partial charge in [0.2, 0.25) is 0 Å². The Kier molecular flexibility index (Phi) is 2.30. The lowest BCUT2D eigenvalue weighted by Gasteiger charge is -2.05. The van der Waals surface area contributed by atoms with E-state index >= 15 is 0 Å². The second-order valence-corrected chi connectivity index (χ2v) is 4.90. The van der Waals surface area contributed by atoms with Gasteiger partial charge < -0.3 is 10.3 Å². The quantitative estimate of drug-likeness (QED) is 0.712. The minimum Gasteiger partial charge on any atom is -0.384 e. The lowest BCUT2D eigenvalue weighted by atomic mass is 10.0. The van der Waals surface area contributed by atoms with Crippen LogP contribution in [-0.4, -0.2) is 16.5 Å². The molecular weight excluding hydrogens is 260 g/mol. The Hall–Kier alpha value is -2.43. The minimum absolute atomic E-state index is 0.0288. The van der Waals surface area contributed by atoms with Gasteiger partial charge in [-0.05, 0) is 23.8 Å². The third-order valence-electron chi connectivity index (χ3n) is 3.73. The number of aromatic amines is 1. The Balaban J connectivity index is 1.86. The van der Waals surface area contributed by atoms with E-state index in [9.17, 15) is 8.78 Å². The van der Waals surface area contributed by atoms with Crippen LogP contribution in [0.15, 0.2) is 36.4 Å². The number of benzene rings is 2. The standard InChI is InChI=1S/C15H11F2N3/c16-10-5-6-12-14(13(10)17)20-15(19-12)9-7-18-11-4-2-1-3-8(9)11/h1-6,9,18H,7H2,(H,19,20). The van der Waals surface area contributed by atoms with Crippen LogP contribution in [-0.2, 0) is 0 Å². The smallest absolute Gasteiger partial charge is 0.186 e. The van der Waals surface area contributed by atoms with Gasteiger partial charge in [0.05, 0.1) is 11.4 Å². The number of hydrogen-bond acceptors (Lipinski definition) is 2. The second kappa shape index (κ2) is 4.03. The molecule has 3 aromatic rings. The maximum atomic E-state index is 13.7. The first-order valence-corrected chi connectivity index (χ1v) is 6.40. The molecule has 100 valence electrons. The molecule has 1 aromatic heterocycles. The van der Waals surface area contributed by atoms with Gasteiger partial charge in [0, 0.05) is 12.2 Å². The molecule has 1 atom stereocenters. The molecule has 3 nitrogen and oxygen atoms in total. The van der Waals surface area contributed by atoms with Crippen LogP contribution in [0, 0.1) is 11.6 Å². The highest BCUT2D eigenvalue weighted by Crippen LogP contribution is 2.35. The second-order valence-electron chi connectivity index (χ2n) is 4.90. The van der Waals surface area contributed by atoms with Crippen LogP contribution in [0.1, 0.15) is 17.3 Å². The summed E-state index contributed by atoms with van der Waals surface area (Å²) >= 11 is 0. The Bertz CT molecular complexity index is 810. The average molecular weight is 271 g/mol. The Morgan fingerprint density at radius 3 is 2.85 bits per heavy atom. The maximum absolute atomic E-state index is 13.7. The van der Waals surface area contributed by atoms with Gasteiger partial charge >= 0.3 is 0 Å². The summed E-state index contributed by atoms with van der Waals surface area (Å²) in [7, 11) is 0. The number of aromatic nitrogens is 2. The van der Waals surface area contributed by atoms with Gasteiger partial charge in [-0.3, -0.25) is 0 Å². The third-order valence-corrected chi connectivity index (χ3v) is 3.73. The summed E-state index contributed by atoms with van der Waals surface area (Å²) in [6.07, 6.45) is 0. The van der Waals surface area contributed by atoms with E-state index in [2.05, 4.69) is 15.3 Å². The molecule has 0 saturated heterocycles. The van der Waals surface area contributed by atoms with Crippen molar-refractivity contribution in [2.45, 2.75) is 5.92 Å². The molecule has 4 rings (SSSR count). The van der Waals surface area contributed by atoms with Crippen LogP contribution in [0.5, 0.6) is 0 Å². The number of fused-ring (bicyclic) bond motifs is 2. The van der Waals surface area contributed by atoms with Crippen molar-refractivity contribution < 1.29 is 8.78 Å². The molecule has 20 heavy (non-hydrogen) atoms. The van der Waals surface area contributed by atoms with Crippen molar-refractivity contribution >= 4 is 16.7 Å². The van der Waals surface area contributed by atoms with Crippen LogP contribution >= 0.6 is 0 Å². The zero-order valence-electron chi connectivity index (χ0n) is 10.5. The summed E-state index contributed by atoms with van der Waals surface area (Å²) in [5, 5.41) is 3.29. The number of rotatable bonds is 1. The zero-order chi connectivity index (χ0) is 13.7. The highest BCUT2D eigenvalue weighted by molar-refractivity contribution is 5.76. The molecule has 0 amide bonds. The SMILES string of the molecule is Fc1ccc2[nH]c(C3CNc4ccccc43)nc2c1F. The molecule has 0 fully saturated rings. The lowest BCUT2D eigenvalue weighted by Crippen LogP contribution is -2.05. The van der Waals surface area contributed by atoms with Crippen LogP contribution < -0.4 is 5.32 Å². The van der Waals surface area contributed by atoms with E-state index in [0.29, 0.717) is 17.9 Å². The first-order valence-electron chi connectivity index (χ1n) is 6.40. The number of hydrogen-bond donors (Lipinski definition) is 2. The first-order chi connectivity index (χ1) is 9.74. The van der Waals surface area contributed by atoms with Crippen molar-refractivity contribution in [1.82, 2.24) is 9.97 Å². The van der Waals surface area contributed by atoms with Gasteiger partial charge in [-0.25, -0.2) is 13.8 Å². The monoisotopic (exact) mass is 271 g/mol. The number of anilines is 1. The average Bonchev–Trinajstić information content (AvgIpc) is 3.06. The van der Waals surface area contributed by atoms with Crippen LogP contribution in [0.4, 0.5) is 14.5 Å². The van der Waals surface area contributed by atoms with E-state index in [1.54, 1.807) is 0 Å². The van der Waals surface area contributed by atoms with Gasteiger partial charge in [-0.2, -0.15) is 0 Å². The molecule has 5 heteroatoms. The molecular formula is C15H11F2N3. The molecule has 2 aromatic carbocycles. The Morgan fingerprint density at radius 2 is 1.95 bits per heavy atom. The molecule has 0 bridgehead atoms. The number of para-hydroxylation sites is 1. The van der Waals surface area contributed by atoms with E-state index < -0.39 is 11.6 Å². The Morgan fingerprint density at radius 1 is 1.10 bits per heavy atom. The van der Waals surface area contributed by atoms with Gasteiger partial charge in [0.1, 0.15) is 11.3 Å². The van der Waals surface area contributed by atoms with Crippen molar-refractivity contribution in [2.75, 3.05) is 11.9 Å². The third kappa shape index (κ3) is 1.52. The summed E-state index contributed by atoms with van der Waals surface area (Å²) < 4.78 is 27.0. The molecule has 2 N–H and O–H groups in total. The fraction of sp³-hybridized carbons (Fsp3) is 0.133. The van der Waals surface area contributed by atoms with E-state index in [-0.39, 0.29) is 11.4 Å². The van der Waals surface area contributed by atoms with Crippen LogP contribution in [0.25, 0.3) is 11.0 Å². The van der Waals surface area contributed by atoms with Crippen molar-refractivity contribution in [3.05, 3.63) is 59.4 Å². The number of nitrogens with zero attached hydrogens (tertiary/aromatic N) is 1. The predicted octanol–water partition coefficient (Wildman–Crippen LogP) is 3.40. The van der Waals surface area contributed by atoms with Crippen molar-refractivity contribution in [3.8, 4) is 0 Å². The fourth-order valence-corrected chi connectivity index (χ4v) is 2.73. The summed E-state index contributed by atoms with van der Waals surface area (Å²) in [6.45, 7) is 0.698. The molecule has 0 spiro atoms. The summed E-state index contributed by atoms with van der Waals surface area (Å²) in [5.74, 6) is -1.09. The number of nitrogens with one attached hydrogen (secondary N) is 2. The zero-order valence-corrected chi connectivity index (χ0v) is 10.5. The summed E-state index contributed by atoms with van der Waals surface area (Å²) in [5.41, 5.74) is 2.75. The van der Waals surface area contributed by atoms with Crippen LogP contribution in [0.2, 0.25) is 0 Å². The first kappa shape index (κ1) is 11.4. The van der Waals surface area contributed by atoms with Crippen molar-refractivity contribution in [2.24, 2.45) is 0 Å². The lowest BCUT2D eigenvalue weighted by molar-refractivity contribution is 0.515. The van der Waals surface area contributed by atoms with Gasteiger partial charge in [0.15, 0.2) is 11.6 Å². The van der Waals surface area contributed by atoms with Gasteiger partial charge in [-0.15, -0.1) is 0 Å². The minimum atomic E-state index is -0.899. The molecule has 2 heterocycles. The normalized spacial score (nSPS) is 17.2. The highest BCUT2D eigenvalue weighted by atomic mass is 19.2. The largest absolute Gasteiger partial charge is 0.384 e. The maximum Gasteiger partial charge on any atom is 0.186 e. The summed E-state index contributed by atoms with van der Waals surface area (Å²) in [6, 6.07) is 10.6. The highest BCUT2D eigenvalue weighted by Gasteiger charge is 2.26. The molecule has 1 unspecified atom stereocenters. The number of halogens is 2. The van der Waals surface area contributed by atoms with E-state index in [1.807, 2.05) is 24.3 Å². The van der Waals surface area contributed by atoms with Crippen molar-refractivity contribution in [3.63, 3.8) is 0 Å². The Labute approximate surface area is 113 Å². The number of H-pyrrole nitrogens is 1. The topological polar surface area (TPSA) is 40.7 Å². The van der Waals surface area contributed by atoms with E-state index in [1.165, 1.54) is 6.07 Å². The molecule has 0 aliphatic carbocycles. The predicted molar refractivity (Wildman–Crippen MR) is 72.8 cm³/mol. The fourth-order valence-electron chi connectivity index (χ4n) is 2.73. The van der Waals surface area contributed by atoms with E-state index in [0.717, 1.165) is 17.3 Å².